The largest absolute Gasteiger partial charge is 0.508 e. The molecule has 2 heterocycles. The number of nitrogens with one attached hydrogen (secondary N) is 1. The minimum absolute atomic E-state index is 0.0147. The third-order valence-corrected chi connectivity index (χ3v) is 4.99. The summed E-state index contributed by atoms with van der Waals surface area (Å²) in [5.74, 6) is 0.434. The van der Waals surface area contributed by atoms with E-state index in [2.05, 4.69) is 10.2 Å². The number of aromatic amines is 1. The van der Waals surface area contributed by atoms with Crippen molar-refractivity contribution in [1.82, 2.24) is 15.1 Å². The second-order valence-electron chi connectivity index (χ2n) is 6.55. The third kappa shape index (κ3) is 2.89. The zero-order chi connectivity index (χ0) is 16.5. The van der Waals surface area contributed by atoms with Gasteiger partial charge in [0, 0.05) is 24.6 Å². The number of carbonyl (C=O) groups is 1. The summed E-state index contributed by atoms with van der Waals surface area (Å²) in [6.45, 7) is 1.68. The van der Waals surface area contributed by atoms with Crippen LogP contribution in [0, 0.1) is 5.92 Å². The van der Waals surface area contributed by atoms with Gasteiger partial charge < -0.3 is 14.7 Å². The molecule has 2 N–H and O–H groups in total. The number of aromatic nitrogens is 2. The zero-order valence-electron chi connectivity index (χ0n) is 13.4. The van der Waals surface area contributed by atoms with E-state index in [9.17, 15) is 9.90 Å². The summed E-state index contributed by atoms with van der Waals surface area (Å²) >= 11 is 0. The Hall–Kier alpha value is -2.34. The van der Waals surface area contributed by atoms with Gasteiger partial charge in [0.2, 0.25) is 5.91 Å². The van der Waals surface area contributed by atoms with Gasteiger partial charge in [-0.1, -0.05) is 12.1 Å². The van der Waals surface area contributed by atoms with E-state index >= 15 is 0 Å². The number of hydrogen-bond acceptors (Lipinski definition) is 4. The van der Waals surface area contributed by atoms with Crippen molar-refractivity contribution in [3.05, 3.63) is 47.3 Å². The summed E-state index contributed by atoms with van der Waals surface area (Å²) in [7, 11) is 0. The summed E-state index contributed by atoms with van der Waals surface area (Å²) in [5, 5.41) is 16.7. The number of phenolic OH excluding ortho intramolecular Hbond substituents is 1. The maximum atomic E-state index is 12.9. The molecule has 0 saturated carbocycles. The van der Waals surface area contributed by atoms with E-state index in [-0.39, 0.29) is 23.7 Å². The van der Waals surface area contributed by atoms with Gasteiger partial charge in [0.15, 0.2) is 0 Å². The molecule has 6 nitrogen and oxygen atoms in total. The van der Waals surface area contributed by atoms with Crippen LogP contribution in [0.25, 0.3) is 0 Å². The Morgan fingerprint density at radius 1 is 1.42 bits per heavy atom. The van der Waals surface area contributed by atoms with E-state index in [1.54, 1.807) is 18.2 Å². The molecular weight excluding hydrogens is 306 g/mol. The lowest BCUT2D eigenvalue weighted by Gasteiger charge is -2.36. The molecular formula is C18H21N3O3. The number of amides is 1. The Morgan fingerprint density at radius 3 is 3.21 bits per heavy atom. The van der Waals surface area contributed by atoms with Crippen LogP contribution in [0.5, 0.6) is 5.75 Å². The highest BCUT2D eigenvalue weighted by Gasteiger charge is 2.32. The number of rotatable bonds is 2. The fourth-order valence-corrected chi connectivity index (χ4v) is 3.65. The number of aryl methyl sites for hydroxylation is 1. The van der Waals surface area contributed by atoms with E-state index in [0.717, 1.165) is 30.5 Å². The number of morpholine rings is 1. The van der Waals surface area contributed by atoms with Crippen molar-refractivity contribution in [2.45, 2.75) is 25.4 Å². The van der Waals surface area contributed by atoms with E-state index in [1.807, 2.05) is 17.2 Å². The highest BCUT2D eigenvalue weighted by atomic mass is 16.5. The lowest BCUT2D eigenvalue weighted by molar-refractivity contribution is -0.143. The van der Waals surface area contributed by atoms with Gasteiger partial charge in [0.25, 0.3) is 0 Å². The van der Waals surface area contributed by atoms with Crippen LogP contribution < -0.4 is 0 Å². The number of nitrogens with zero attached hydrogens (tertiary/aromatic N) is 2. The average Bonchev–Trinajstić information content (AvgIpc) is 3.09. The van der Waals surface area contributed by atoms with Gasteiger partial charge in [-0.3, -0.25) is 9.89 Å². The van der Waals surface area contributed by atoms with Crippen LogP contribution in [0.2, 0.25) is 0 Å². The normalized spacial score (nSPS) is 23.8. The molecule has 6 heteroatoms. The Balaban J connectivity index is 1.45. The number of fused-ring (bicyclic) bond motifs is 1. The number of phenols is 1. The first-order chi connectivity index (χ1) is 11.7. The van der Waals surface area contributed by atoms with Crippen molar-refractivity contribution in [3.63, 3.8) is 0 Å². The first-order valence-corrected chi connectivity index (χ1v) is 8.41. The van der Waals surface area contributed by atoms with Crippen LogP contribution in [0.4, 0.5) is 0 Å². The van der Waals surface area contributed by atoms with Crippen molar-refractivity contribution < 1.29 is 14.6 Å². The van der Waals surface area contributed by atoms with Crippen molar-refractivity contribution in [3.8, 4) is 5.75 Å². The topological polar surface area (TPSA) is 78.5 Å². The molecule has 0 spiro atoms. The average molecular weight is 327 g/mol. The first-order valence-electron chi connectivity index (χ1n) is 8.41. The summed E-state index contributed by atoms with van der Waals surface area (Å²) in [6.07, 6.45) is 4.20. The minimum atomic E-state index is -0.180. The number of hydrogen-bond donors (Lipinski definition) is 2. The fourth-order valence-electron chi connectivity index (χ4n) is 3.65. The fraction of sp³-hybridized carbons (Fsp3) is 0.444. The number of ether oxygens (including phenoxy) is 1. The van der Waals surface area contributed by atoms with E-state index in [0.29, 0.717) is 19.7 Å². The number of benzene rings is 1. The van der Waals surface area contributed by atoms with Crippen molar-refractivity contribution in [2.24, 2.45) is 5.92 Å². The van der Waals surface area contributed by atoms with E-state index in [1.165, 1.54) is 5.56 Å². The molecule has 0 bridgehead atoms. The van der Waals surface area contributed by atoms with Crippen molar-refractivity contribution in [1.29, 1.82) is 0 Å². The van der Waals surface area contributed by atoms with Crippen LogP contribution >= 0.6 is 0 Å². The molecule has 1 saturated heterocycles. The summed E-state index contributed by atoms with van der Waals surface area (Å²) < 4.78 is 5.81. The highest BCUT2D eigenvalue weighted by molar-refractivity contribution is 5.79. The molecule has 1 aliphatic carbocycles. The van der Waals surface area contributed by atoms with Crippen LogP contribution in [0.3, 0.4) is 0 Å². The molecule has 2 unspecified atom stereocenters. The number of aromatic hydroxyl groups is 1. The Kier molecular flexibility index (Phi) is 3.98. The summed E-state index contributed by atoms with van der Waals surface area (Å²) in [6, 6.07) is 7.07. The molecule has 4 rings (SSSR count). The first kappa shape index (κ1) is 15.2. The molecule has 0 radical (unpaired) electrons. The molecule has 1 aromatic carbocycles. The van der Waals surface area contributed by atoms with Crippen LogP contribution in [0.1, 0.15) is 29.3 Å². The number of H-pyrrole nitrogens is 1. The van der Waals surface area contributed by atoms with Gasteiger partial charge in [0.05, 0.1) is 19.3 Å². The molecule has 1 aromatic heterocycles. The predicted molar refractivity (Wildman–Crippen MR) is 87.5 cm³/mol. The van der Waals surface area contributed by atoms with Gasteiger partial charge in [0.1, 0.15) is 11.9 Å². The lowest BCUT2D eigenvalue weighted by atomic mass is 9.87. The summed E-state index contributed by atoms with van der Waals surface area (Å²) in [5.41, 5.74) is 3.24. The SMILES string of the molecule is O=C(C1CCc2cn[nH]c2C1)N1CCOC(c2cccc(O)c2)C1. The number of carbonyl (C=O) groups excluding carboxylic acids is 1. The van der Waals surface area contributed by atoms with Crippen molar-refractivity contribution >= 4 is 5.91 Å². The maximum absolute atomic E-state index is 12.9. The van der Waals surface area contributed by atoms with Gasteiger partial charge >= 0.3 is 0 Å². The Bertz CT molecular complexity index is 743. The molecule has 1 fully saturated rings. The second kappa shape index (κ2) is 6.28. The van der Waals surface area contributed by atoms with Gasteiger partial charge in [-0.05, 0) is 36.1 Å². The van der Waals surface area contributed by atoms with Gasteiger partial charge in [-0.25, -0.2) is 0 Å². The van der Waals surface area contributed by atoms with Gasteiger partial charge in [-0.2, -0.15) is 5.10 Å². The monoisotopic (exact) mass is 327 g/mol. The standard InChI is InChI=1S/C18H21N3O3/c22-15-3-1-2-12(8-15)17-11-21(6-7-24-17)18(23)13-4-5-14-10-19-20-16(14)9-13/h1-3,8,10,13,17,22H,4-7,9,11H2,(H,19,20). The molecule has 126 valence electrons. The summed E-state index contributed by atoms with van der Waals surface area (Å²) in [4.78, 5) is 14.8. The molecule has 2 aliphatic rings. The van der Waals surface area contributed by atoms with Gasteiger partial charge in [-0.15, -0.1) is 0 Å². The predicted octanol–water partition coefficient (Wildman–Crippen LogP) is 1.82. The lowest BCUT2D eigenvalue weighted by Crippen LogP contribution is -2.46. The molecule has 2 aromatic rings. The Morgan fingerprint density at radius 2 is 2.33 bits per heavy atom. The van der Waals surface area contributed by atoms with E-state index < -0.39 is 0 Å². The third-order valence-electron chi connectivity index (χ3n) is 4.99. The second-order valence-corrected chi connectivity index (χ2v) is 6.55. The van der Waals surface area contributed by atoms with Crippen LogP contribution in [0.15, 0.2) is 30.5 Å². The quantitative estimate of drug-likeness (QED) is 0.882. The molecule has 24 heavy (non-hydrogen) atoms. The minimum Gasteiger partial charge on any atom is -0.508 e. The Labute approximate surface area is 140 Å². The molecule has 1 amide bonds. The molecule has 2 atom stereocenters. The van der Waals surface area contributed by atoms with Crippen LogP contribution in [-0.4, -0.2) is 45.8 Å². The molecule has 1 aliphatic heterocycles. The van der Waals surface area contributed by atoms with Crippen LogP contribution in [-0.2, 0) is 22.4 Å². The smallest absolute Gasteiger partial charge is 0.226 e. The zero-order valence-corrected chi connectivity index (χ0v) is 13.4. The van der Waals surface area contributed by atoms with Crippen molar-refractivity contribution in [2.75, 3.05) is 19.7 Å². The van der Waals surface area contributed by atoms with E-state index in [4.69, 9.17) is 4.74 Å². The highest BCUT2D eigenvalue weighted by Crippen LogP contribution is 2.29. The maximum Gasteiger partial charge on any atom is 0.226 e.